The quantitative estimate of drug-likeness (QED) is 0.809. The molecule has 1 aromatic carbocycles. The lowest BCUT2D eigenvalue weighted by atomic mass is 10.0. The van der Waals surface area contributed by atoms with Crippen LogP contribution in [-0.4, -0.2) is 21.2 Å². The molecule has 2 aromatic rings. The zero-order valence-corrected chi connectivity index (χ0v) is 12.3. The number of ether oxygens (including phenoxy) is 1. The van der Waals surface area contributed by atoms with Crippen molar-refractivity contribution in [3.8, 4) is 0 Å². The molecule has 0 spiro atoms. The maximum atomic E-state index is 5.81. The SMILES string of the molecule is Br[C@H]1CCO[C@@H](c2cnn(Cc3ccccc3)c2)C1. The van der Waals surface area contributed by atoms with E-state index in [1.807, 2.05) is 16.9 Å². The van der Waals surface area contributed by atoms with Gasteiger partial charge in [-0.05, 0) is 18.4 Å². The molecule has 1 aliphatic rings. The molecule has 2 heterocycles. The molecule has 1 fully saturated rings. The third-order valence-electron chi connectivity index (χ3n) is 3.43. The largest absolute Gasteiger partial charge is 0.373 e. The van der Waals surface area contributed by atoms with E-state index in [1.165, 1.54) is 11.1 Å². The summed E-state index contributed by atoms with van der Waals surface area (Å²) in [5.41, 5.74) is 2.44. The minimum absolute atomic E-state index is 0.183. The van der Waals surface area contributed by atoms with Gasteiger partial charge in [-0.1, -0.05) is 46.3 Å². The fraction of sp³-hybridized carbons (Fsp3) is 0.400. The molecule has 0 unspecified atom stereocenters. The van der Waals surface area contributed by atoms with Crippen LogP contribution in [0.25, 0.3) is 0 Å². The number of benzene rings is 1. The van der Waals surface area contributed by atoms with Crippen LogP contribution in [0.4, 0.5) is 0 Å². The Labute approximate surface area is 121 Å². The molecule has 0 saturated carbocycles. The highest BCUT2D eigenvalue weighted by Gasteiger charge is 2.23. The maximum Gasteiger partial charge on any atom is 0.0866 e. The van der Waals surface area contributed by atoms with Crippen molar-refractivity contribution < 1.29 is 4.74 Å². The molecule has 0 aliphatic carbocycles. The van der Waals surface area contributed by atoms with Gasteiger partial charge in [0.2, 0.25) is 0 Å². The van der Waals surface area contributed by atoms with Crippen molar-refractivity contribution in [2.24, 2.45) is 0 Å². The van der Waals surface area contributed by atoms with Gasteiger partial charge in [-0.25, -0.2) is 0 Å². The second-order valence-corrected chi connectivity index (χ2v) is 6.23. The first-order valence-electron chi connectivity index (χ1n) is 6.63. The molecule has 19 heavy (non-hydrogen) atoms. The number of halogens is 1. The number of hydrogen-bond donors (Lipinski definition) is 0. The monoisotopic (exact) mass is 320 g/mol. The van der Waals surface area contributed by atoms with Crippen molar-refractivity contribution in [2.45, 2.75) is 30.3 Å². The van der Waals surface area contributed by atoms with E-state index in [0.29, 0.717) is 4.83 Å². The third-order valence-corrected chi connectivity index (χ3v) is 4.26. The molecule has 2 atom stereocenters. The van der Waals surface area contributed by atoms with Crippen molar-refractivity contribution in [1.29, 1.82) is 0 Å². The van der Waals surface area contributed by atoms with E-state index in [9.17, 15) is 0 Å². The Bertz CT molecular complexity index is 526. The molecule has 0 amide bonds. The molecular formula is C15H17BrN2O. The summed E-state index contributed by atoms with van der Waals surface area (Å²) in [6.07, 6.45) is 6.33. The average Bonchev–Trinajstić information content (AvgIpc) is 2.88. The van der Waals surface area contributed by atoms with E-state index in [0.717, 1.165) is 26.0 Å². The van der Waals surface area contributed by atoms with Crippen LogP contribution in [0.1, 0.15) is 30.1 Å². The van der Waals surface area contributed by atoms with E-state index >= 15 is 0 Å². The van der Waals surface area contributed by atoms with Gasteiger partial charge in [0, 0.05) is 23.2 Å². The molecule has 100 valence electrons. The molecule has 4 heteroatoms. The van der Waals surface area contributed by atoms with Crippen LogP contribution in [-0.2, 0) is 11.3 Å². The fourth-order valence-electron chi connectivity index (χ4n) is 2.39. The Morgan fingerprint density at radius 1 is 1.32 bits per heavy atom. The molecule has 0 radical (unpaired) electrons. The second-order valence-electron chi connectivity index (χ2n) is 4.94. The van der Waals surface area contributed by atoms with Gasteiger partial charge in [-0.3, -0.25) is 4.68 Å². The summed E-state index contributed by atoms with van der Waals surface area (Å²) in [7, 11) is 0. The summed E-state index contributed by atoms with van der Waals surface area (Å²) in [5, 5.41) is 4.43. The first-order valence-corrected chi connectivity index (χ1v) is 7.55. The highest BCUT2D eigenvalue weighted by atomic mass is 79.9. The van der Waals surface area contributed by atoms with Crippen molar-refractivity contribution >= 4 is 15.9 Å². The van der Waals surface area contributed by atoms with E-state index in [-0.39, 0.29) is 6.10 Å². The summed E-state index contributed by atoms with van der Waals surface area (Å²) < 4.78 is 7.79. The molecule has 3 rings (SSSR count). The number of hydrogen-bond acceptors (Lipinski definition) is 2. The smallest absolute Gasteiger partial charge is 0.0866 e. The lowest BCUT2D eigenvalue weighted by molar-refractivity contribution is 0.0187. The second kappa shape index (κ2) is 5.88. The van der Waals surface area contributed by atoms with Crippen LogP contribution >= 0.6 is 15.9 Å². The summed E-state index contributed by atoms with van der Waals surface area (Å²) >= 11 is 3.68. The van der Waals surface area contributed by atoms with E-state index in [2.05, 4.69) is 51.5 Å². The molecule has 0 N–H and O–H groups in total. The van der Waals surface area contributed by atoms with Gasteiger partial charge in [0.05, 0.1) is 18.8 Å². The van der Waals surface area contributed by atoms with Gasteiger partial charge < -0.3 is 4.74 Å². The lowest BCUT2D eigenvalue weighted by Crippen LogP contribution is -2.19. The van der Waals surface area contributed by atoms with Crippen molar-refractivity contribution in [3.63, 3.8) is 0 Å². The van der Waals surface area contributed by atoms with E-state index in [4.69, 9.17) is 4.74 Å². The van der Waals surface area contributed by atoms with E-state index in [1.54, 1.807) is 0 Å². The predicted molar refractivity (Wildman–Crippen MR) is 78.4 cm³/mol. The number of nitrogens with zero attached hydrogens (tertiary/aromatic N) is 2. The molecule has 0 bridgehead atoms. The first kappa shape index (κ1) is 12.9. The molecule has 1 aromatic heterocycles. The maximum absolute atomic E-state index is 5.81. The number of alkyl halides is 1. The normalized spacial score (nSPS) is 23.4. The minimum Gasteiger partial charge on any atom is -0.373 e. The first-order chi connectivity index (χ1) is 9.31. The standard InChI is InChI=1S/C15H17BrN2O/c16-14-6-7-19-15(8-14)13-9-17-18(11-13)10-12-4-2-1-3-5-12/h1-5,9,11,14-15H,6-8,10H2/t14-,15+/m0/s1. The molecule has 1 aliphatic heterocycles. The Morgan fingerprint density at radius 2 is 2.16 bits per heavy atom. The Hall–Kier alpha value is -1.13. The summed E-state index contributed by atoms with van der Waals surface area (Å²) in [5.74, 6) is 0. The topological polar surface area (TPSA) is 27.1 Å². The van der Waals surface area contributed by atoms with Crippen molar-refractivity contribution in [1.82, 2.24) is 9.78 Å². The van der Waals surface area contributed by atoms with Gasteiger partial charge in [0.25, 0.3) is 0 Å². The van der Waals surface area contributed by atoms with Crippen LogP contribution in [0.2, 0.25) is 0 Å². The van der Waals surface area contributed by atoms with Crippen LogP contribution < -0.4 is 0 Å². The zero-order chi connectivity index (χ0) is 13.1. The fourth-order valence-corrected chi connectivity index (χ4v) is 2.92. The molecule has 1 saturated heterocycles. The van der Waals surface area contributed by atoms with E-state index < -0.39 is 0 Å². The Balaban J connectivity index is 1.69. The van der Waals surface area contributed by atoms with Crippen LogP contribution in [0.15, 0.2) is 42.7 Å². The number of rotatable bonds is 3. The summed E-state index contributed by atoms with van der Waals surface area (Å²) in [6.45, 7) is 1.63. The highest BCUT2D eigenvalue weighted by molar-refractivity contribution is 9.09. The molecular weight excluding hydrogens is 304 g/mol. The summed E-state index contributed by atoms with van der Waals surface area (Å²) in [6, 6.07) is 10.4. The lowest BCUT2D eigenvalue weighted by Gasteiger charge is -2.25. The van der Waals surface area contributed by atoms with Gasteiger partial charge >= 0.3 is 0 Å². The Morgan fingerprint density at radius 3 is 2.95 bits per heavy atom. The highest BCUT2D eigenvalue weighted by Crippen LogP contribution is 2.31. The minimum atomic E-state index is 0.183. The van der Waals surface area contributed by atoms with Crippen LogP contribution in [0.5, 0.6) is 0 Å². The van der Waals surface area contributed by atoms with Gasteiger partial charge in [-0.2, -0.15) is 5.10 Å². The van der Waals surface area contributed by atoms with Crippen LogP contribution in [0.3, 0.4) is 0 Å². The average molecular weight is 321 g/mol. The molecule has 3 nitrogen and oxygen atoms in total. The third kappa shape index (κ3) is 3.25. The van der Waals surface area contributed by atoms with Crippen LogP contribution in [0, 0.1) is 0 Å². The van der Waals surface area contributed by atoms with Gasteiger partial charge in [-0.15, -0.1) is 0 Å². The predicted octanol–water partition coefficient (Wildman–Crippen LogP) is 3.55. The van der Waals surface area contributed by atoms with Gasteiger partial charge in [0.15, 0.2) is 0 Å². The van der Waals surface area contributed by atoms with Crippen molar-refractivity contribution in [2.75, 3.05) is 6.61 Å². The summed E-state index contributed by atoms with van der Waals surface area (Å²) in [4.78, 5) is 0.559. The number of aromatic nitrogens is 2. The Kier molecular flexibility index (Phi) is 3.99. The van der Waals surface area contributed by atoms with Crippen molar-refractivity contribution in [3.05, 3.63) is 53.9 Å². The zero-order valence-electron chi connectivity index (χ0n) is 10.7. The van der Waals surface area contributed by atoms with Gasteiger partial charge in [0.1, 0.15) is 0 Å².